The minimum atomic E-state index is -2.80. The van der Waals surface area contributed by atoms with E-state index in [9.17, 15) is 8.42 Å². The van der Waals surface area contributed by atoms with Gasteiger partial charge in [0.1, 0.15) is 0 Å². The van der Waals surface area contributed by atoms with Crippen molar-refractivity contribution in [2.75, 3.05) is 44.2 Å². The number of guanidine groups is 1. The van der Waals surface area contributed by atoms with Gasteiger partial charge in [0.2, 0.25) is 0 Å². The Bertz CT molecular complexity index is 529. The Labute approximate surface area is 161 Å². The first-order valence-electron chi connectivity index (χ1n) is 8.69. The third-order valence-electron chi connectivity index (χ3n) is 4.90. The molecule has 2 N–H and O–H groups in total. The van der Waals surface area contributed by atoms with Gasteiger partial charge in [-0.2, -0.15) is 0 Å². The summed E-state index contributed by atoms with van der Waals surface area (Å²) in [4.78, 5) is 6.81. The van der Waals surface area contributed by atoms with Gasteiger partial charge in [0.15, 0.2) is 15.8 Å². The number of hydrogen-bond acceptors (Lipinski definition) is 5. The van der Waals surface area contributed by atoms with Crippen LogP contribution in [0.15, 0.2) is 4.99 Å². The van der Waals surface area contributed by atoms with Crippen LogP contribution in [0, 0.1) is 0 Å². The van der Waals surface area contributed by atoms with E-state index in [1.165, 1.54) is 6.42 Å². The maximum Gasteiger partial charge on any atom is 0.191 e. The first-order valence-corrected chi connectivity index (χ1v) is 10.5. The topological polar surface area (TPSA) is 83.0 Å². The summed E-state index contributed by atoms with van der Waals surface area (Å²) in [5.41, 5.74) is 0. The van der Waals surface area contributed by atoms with Crippen molar-refractivity contribution in [3.63, 3.8) is 0 Å². The highest BCUT2D eigenvalue weighted by atomic mass is 127. The number of aliphatic imine (C=N–C) groups is 1. The van der Waals surface area contributed by atoms with Gasteiger partial charge in [0.25, 0.3) is 0 Å². The summed E-state index contributed by atoms with van der Waals surface area (Å²) < 4.78 is 28.7. The number of fused-ring (bicyclic) bond motifs is 2. The lowest BCUT2D eigenvalue weighted by Gasteiger charge is -2.26. The molecule has 3 rings (SSSR count). The maximum atomic E-state index is 11.4. The Morgan fingerprint density at radius 1 is 1.29 bits per heavy atom. The van der Waals surface area contributed by atoms with E-state index in [0.29, 0.717) is 37.9 Å². The summed E-state index contributed by atoms with van der Waals surface area (Å²) in [6.07, 6.45) is 4.16. The molecule has 7 nitrogen and oxygen atoms in total. The average Bonchev–Trinajstić information content (AvgIpc) is 3.12. The summed E-state index contributed by atoms with van der Waals surface area (Å²) in [6, 6.07) is 0.367. The lowest BCUT2D eigenvalue weighted by molar-refractivity contribution is 0.0992. The first kappa shape index (κ1) is 20.2. The van der Waals surface area contributed by atoms with Crippen LogP contribution in [0.5, 0.6) is 0 Å². The van der Waals surface area contributed by atoms with Crippen molar-refractivity contribution in [2.45, 2.75) is 44.4 Å². The third-order valence-corrected chi connectivity index (χ3v) is 6.50. The molecule has 0 aromatic rings. The van der Waals surface area contributed by atoms with Gasteiger partial charge in [-0.15, -0.1) is 24.0 Å². The smallest absolute Gasteiger partial charge is 0.191 e. The molecule has 0 amide bonds. The lowest BCUT2D eigenvalue weighted by Crippen LogP contribution is -2.48. The Balaban J connectivity index is 0.00000208. The fraction of sp³-hybridized carbons (Fsp3) is 0.933. The molecule has 3 unspecified atom stereocenters. The first-order chi connectivity index (χ1) is 11.1. The van der Waals surface area contributed by atoms with E-state index >= 15 is 0 Å². The number of sulfone groups is 1. The molecular weight excluding hydrogens is 443 g/mol. The molecule has 0 saturated carbocycles. The summed E-state index contributed by atoms with van der Waals surface area (Å²) >= 11 is 0. The average molecular weight is 472 g/mol. The normalized spacial score (nSPS) is 32.4. The van der Waals surface area contributed by atoms with Gasteiger partial charge in [-0.1, -0.05) is 0 Å². The molecule has 9 heteroatoms. The van der Waals surface area contributed by atoms with Crippen LogP contribution in [0.4, 0.5) is 0 Å². The van der Waals surface area contributed by atoms with Gasteiger partial charge in [-0.05, 0) is 26.2 Å². The molecule has 0 spiro atoms. The second-order valence-corrected chi connectivity index (χ2v) is 8.92. The fourth-order valence-corrected chi connectivity index (χ4v) is 4.84. The van der Waals surface area contributed by atoms with Gasteiger partial charge >= 0.3 is 0 Å². The van der Waals surface area contributed by atoms with E-state index in [0.717, 1.165) is 31.9 Å². The van der Waals surface area contributed by atoms with Crippen molar-refractivity contribution >= 4 is 39.8 Å². The molecule has 0 aliphatic carbocycles. The van der Waals surface area contributed by atoms with Crippen LogP contribution < -0.4 is 10.6 Å². The molecular formula is C15H29IN4O3S. The number of halogens is 1. The van der Waals surface area contributed by atoms with Crippen molar-refractivity contribution in [3.8, 4) is 0 Å². The molecule has 3 aliphatic rings. The van der Waals surface area contributed by atoms with Crippen LogP contribution in [0.3, 0.4) is 0 Å². The maximum absolute atomic E-state index is 11.4. The zero-order valence-electron chi connectivity index (χ0n) is 14.2. The highest BCUT2D eigenvalue weighted by Crippen LogP contribution is 2.34. The molecule has 3 aliphatic heterocycles. The van der Waals surface area contributed by atoms with Crippen molar-refractivity contribution in [1.82, 2.24) is 15.5 Å². The lowest BCUT2D eigenvalue weighted by atomic mass is 9.96. The Kier molecular flexibility index (Phi) is 7.57. The van der Waals surface area contributed by atoms with Gasteiger partial charge in [-0.3, -0.25) is 9.89 Å². The third kappa shape index (κ3) is 5.43. The van der Waals surface area contributed by atoms with E-state index in [-0.39, 0.29) is 35.5 Å². The summed E-state index contributed by atoms with van der Waals surface area (Å²) in [6.45, 7) is 5.62. The second kappa shape index (κ2) is 9.00. The summed E-state index contributed by atoms with van der Waals surface area (Å²) in [5, 5.41) is 6.79. The predicted molar refractivity (Wildman–Crippen MR) is 106 cm³/mol. The predicted octanol–water partition coefficient (Wildman–Crippen LogP) is 0.210. The molecule has 3 saturated heterocycles. The van der Waals surface area contributed by atoms with E-state index in [1.54, 1.807) is 0 Å². The van der Waals surface area contributed by atoms with Crippen LogP contribution in [0.25, 0.3) is 0 Å². The molecule has 0 aromatic carbocycles. The molecule has 3 heterocycles. The van der Waals surface area contributed by atoms with Crippen LogP contribution >= 0.6 is 24.0 Å². The van der Waals surface area contributed by atoms with E-state index in [4.69, 9.17) is 4.74 Å². The molecule has 3 fully saturated rings. The molecule has 2 bridgehead atoms. The SMILES string of the molecule is CCNC(=NCCN1CCS(=O)(=O)CC1)NC1CC2CCC1O2.I. The number of nitrogens with zero attached hydrogens (tertiary/aromatic N) is 2. The highest BCUT2D eigenvalue weighted by Gasteiger charge is 2.41. The second-order valence-electron chi connectivity index (χ2n) is 6.61. The summed E-state index contributed by atoms with van der Waals surface area (Å²) in [5.74, 6) is 1.40. The zero-order chi connectivity index (χ0) is 16.3. The standard InChI is InChI=1S/C15H28N4O3S.HI/c1-2-16-15(18-13-11-12-3-4-14(13)22-12)17-5-6-19-7-9-23(20,21)10-8-19;/h12-14H,2-11H2,1H3,(H2,16,17,18);1H. The van der Waals surface area contributed by atoms with Crippen molar-refractivity contribution in [3.05, 3.63) is 0 Å². The Morgan fingerprint density at radius 2 is 2.04 bits per heavy atom. The van der Waals surface area contributed by atoms with Crippen LogP contribution in [-0.4, -0.2) is 81.8 Å². The Morgan fingerprint density at radius 3 is 2.62 bits per heavy atom. The quantitative estimate of drug-likeness (QED) is 0.338. The Hall–Kier alpha value is -0.130. The minimum Gasteiger partial charge on any atom is -0.373 e. The van der Waals surface area contributed by atoms with Crippen molar-refractivity contribution in [1.29, 1.82) is 0 Å². The number of rotatable bonds is 5. The van der Waals surface area contributed by atoms with Crippen molar-refractivity contribution in [2.24, 2.45) is 4.99 Å². The van der Waals surface area contributed by atoms with E-state index < -0.39 is 9.84 Å². The van der Waals surface area contributed by atoms with E-state index in [1.807, 2.05) is 0 Å². The van der Waals surface area contributed by atoms with Gasteiger partial charge in [0, 0.05) is 26.2 Å². The van der Waals surface area contributed by atoms with Gasteiger partial charge < -0.3 is 15.4 Å². The fourth-order valence-electron chi connectivity index (χ4n) is 3.56. The zero-order valence-corrected chi connectivity index (χ0v) is 17.4. The number of ether oxygens (including phenoxy) is 1. The monoisotopic (exact) mass is 472 g/mol. The molecule has 140 valence electrons. The highest BCUT2D eigenvalue weighted by molar-refractivity contribution is 14.0. The molecule has 3 atom stereocenters. The number of hydrogen-bond donors (Lipinski definition) is 2. The largest absolute Gasteiger partial charge is 0.373 e. The van der Waals surface area contributed by atoms with Gasteiger partial charge in [-0.25, -0.2) is 8.42 Å². The molecule has 0 aromatic heterocycles. The van der Waals surface area contributed by atoms with Crippen LogP contribution in [0.1, 0.15) is 26.2 Å². The minimum absolute atomic E-state index is 0. The van der Waals surface area contributed by atoms with Crippen LogP contribution in [-0.2, 0) is 14.6 Å². The molecule has 0 radical (unpaired) electrons. The van der Waals surface area contributed by atoms with Crippen LogP contribution in [0.2, 0.25) is 0 Å². The van der Waals surface area contributed by atoms with Crippen molar-refractivity contribution < 1.29 is 13.2 Å². The summed E-state index contributed by atoms with van der Waals surface area (Å²) in [7, 11) is -2.80. The number of nitrogens with one attached hydrogen (secondary N) is 2. The van der Waals surface area contributed by atoms with Gasteiger partial charge in [0.05, 0.1) is 36.3 Å². The van der Waals surface area contributed by atoms with E-state index in [2.05, 4.69) is 27.4 Å². The molecule has 24 heavy (non-hydrogen) atoms.